The van der Waals surface area contributed by atoms with Crippen LogP contribution >= 0.6 is 0 Å². The smallest absolute Gasteiger partial charge is 0.256 e. The van der Waals surface area contributed by atoms with E-state index in [-0.39, 0.29) is 43.6 Å². The summed E-state index contributed by atoms with van der Waals surface area (Å²) < 4.78 is 27.2. The number of rotatable bonds is 7. The summed E-state index contributed by atoms with van der Waals surface area (Å²) >= 11 is 0. The molecule has 0 unspecified atom stereocenters. The molecule has 1 aliphatic heterocycles. The molecular weight excluding hydrogens is 344 g/mol. The zero-order valence-electron chi connectivity index (χ0n) is 14.4. The molecule has 1 heterocycles. The van der Waals surface area contributed by atoms with Gasteiger partial charge in [0.1, 0.15) is 0 Å². The average Bonchev–Trinajstić information content (AvgIpc) is 3.40. The monoisotopic (exact) mass is 367 g/mol. The van der Waals surface area contributed by atoms with Crippen molar-refractivity contribution in [3.8, 4) is 0 Å². The SMILES string of the molecule is O=C(CNC[C@@]1(O)CCCN(Cc2cccc(F)c2F)C1=O)NC1CC1. The molecule has 2 amide bonds. The van der Waals surface area contributed by atoms with E-state index in [0.29, 0.717) is 13.0 Å². The second-order valence-corrected chi connectivity index (χ2v) is 7.02. The van der Waals surface area contributed by atoms with E-state index >= 15 is 0 Å². The summed E-state index contributed by atoms with van der Waals surface area (Å²) in [6.45, 7) is 0.211. The molecule has 0 radical (unpaired) electrons. The van der Waals surface area contributed by atoms with Gasteiger partial charge in [-0.3, -0.25) is 9.59 Å². The Hall–Kier alpha value is -2.06. The summed E-state index contributed by atoms with van der Waals surface area (Å²) in [4.78, 5) is 25.6. The van der Waals surface area contributed by atoms with Crippen LogP contribution in [0.25, 0.3) is 0 Å². The third kappa shape index (κ3) is 4.37. The standard InChI is InChI=1S/C18H23F2N3O3/c19-14-4-1-3-12(16(14)20)10-23-8-2-7-18(26,17(23)25)11-21-9-15(24)22-13-5-6-13/h1,3-4,13,21,26H,2,5-11H2,(H,22,24)/t18-/m0/s1. The molecule has 0 aromatic heterocycles. The van der Waals surface area contributed by atoms with Crippen molar-refractivity contribution >= 4 is 11.8 Å². The van der Waals surface area contributed by atoms with Crippen LogP contribution in [0.3, 0.4) is 0 Å². The van der Waals surface area contributed by atoms with Gasteiger partial charge in [-0.25, -0.2) is 8.78 Å². The fourth-order valence-corrected chi connectivity index (χ4v) is 3.15. The van der Waals surface area contributed by atoms with Crippen LogP contribution in [0.15, 0.2) is 18.2 Å². The first-order valence-electron chi connectivity index (χ1n) is 8.84. The third-order valence-electron chi connectivity index (χ3n) is 4.74. The number of halogens is 2. The highest BCUT2D eigenvalue weighted by atomic mass is 19.2. The predicted molar refractivity (Wildman–Crippen MR) is 90.0 cm³/mol. The lowest BCUT2D eigenvalue weighted by atomic mass is 9.91. The van der Waals surface area contributed by atoms with Gasteiger partial charge in [0.15, 0.2) is 17.2 Å². The minimum absolute atomic E-state index is 0.0185. The summed E-state index contributed by atoms with van der Waals surface area (Å²) in [5.74, 6) is -2.66. The molecule has 3 rings (SSSR count). The summed E-state index contributed by atoms with van der Waals surface area (Å²) in [5.41, 5.74) is -1.58. The highest BCUT2D eigenvalue weighted by molar-refractivity contribution is 5.86. The molecule has 26 heavy (non-hydrogen) atoms. The number of benzene rings is 1. The van der Waals surface area contributed by atoms with Crippen molar-refractivity contribution in [3.63, 3.8) is 0 Å². The first-order chi connectivity index (χ1) is 12.4. The first-order valence-corrected chi connectivity index (χ1v) is 8.84. The molecule has 1 aromatic rings. The Labute approximate surface area is 150 Å². The number of aliphatic hydroxyl groups is 1. The van der Waals surface area contributed by atoms with E-state index in [1.807, 2.05) is 0 Å². The minimum Gasteiger partial charge on any atom is -0.379 e. The molecule has 142 valence electrons. The van der Waals surface area contributed by atoms with Gasteiger partial charge < -0.3 is 20.6 Å². The Morgan fingerprint density at radius 3 is 2.85 bits per heavy atom. The lowest BCUT2D eigenvalue weighted by Gasteiger charge is -2.38. The lowest BCUT2D eigenvalue weighted by Crippen LogP contribution is -2.58. The summed E-state index contributed by atoms with van der Waals surface area (Å²) in [7, 11) is 0. The van der Waals surface area contributed by atoms with Gasteiger partial charge in [0.2, 0.25) is 5.91 Å². The van der Waals surface area contributed by atoms with Gasteiger partial charge in [0.05, 0.1) is 6.54 Å². The summed E-state index contributed by atoms with van der Waals surface area (Å²) in [6, 6.07) is 4.07. The third-order valence-corrected chi connectivity index (χ3v) is 4.74. The van der Waals surface area contributed by atoms with Crippen LogP contribution in [-0.4, -0.2) is 53.1 Å². The van der Waals surface area contributed by atoms with E-state index in [2.05, 4.69) is 10.6 Å². The van der Waals surface area contributed by atoms with Crippen molar-refractivity contribution < 1.29 is 23.5 Å². The van der Waals surface area contributed by atoms with Gasteiger partial charge in [-0.15, -0.1) is 0 Å². The molecule has 2 aliphatic rings. The van der Waals surface area contributed by atoms with Crippen molar-refractivity contribution in [2.75, 3.05) is 19.6 Å². The Balaban J connectivity index is 1.57. The van der Waals surface area contributed by atoms with Crippen molar-refractivity contribution in [1.82, 2.24) is 15.5 Å². The molecule has 1 aliphatic carbocycles. The fourth-order valence-electron chi connectivity index (χ4n) is 3.15. The number of likely N-dealkylation sites (tertiary alicyclic amines) is 1. The predicted octanol–water partition coefficient (Wildman–Crippen LogP) is 0.686. The molecular formula is C18H23F2N3O3. The molecule has 0 spiro atoms. The Kier molecular flexibility index (Phi) is 5.52. The van der Waals surface area contributed by atoms with Gasteiger partial charge in [0.25, 0.3) is 5.91 Å². The average molecular weight is 367 g/mol. The molecule has 1 atom stereocenters. The van der Waals surface area contributed by atoms with Crippen LogP contribution in [0.4, 0.5) is 8.78 Å². The largest absolute Gasteiger partial charge is 0.379 e. The quantitative estimate of drug-likeness (QED) is 0.662. The molecule has 6 nitrogen and oxygen atoms in total. The van der Waals surface area contributed by atoms with Gasteiger partial charge in [-0.05, 0) is 31.7 Å². The van der Waals surface area contributed by atoms with Crippen LogP contribution < -0.4 is 10.6 Å². The molecule has 1 aromatic carbocycles. The van der Waals surface area contributed by atoms with Crippen molar-refractivity contribution in [3.05, 3.63) is 35.4 Å². The van der Waals surface area contributed by atoms with Crippen LogP contribution in [0.2, 0.25) is 0 Å². The minimum atomic E-state index is -1.65. The van der Waals surface area contributed by atoms with Gasteiger partial charge >= 0.3 is 0 Å². The van der Waals surface area contributed by atoms with Gasteiger partial charge in [-0.1, -0.05) is 12.1 Å². The molecule has 3 N–H and O–H groups in total. The molecule has 0 bridgehead atoms. The number of nitrogens with zero attached hydrogens (tertiary/aromatic N) is 1. The second kappa shape index (κ2) is 7.67. The van der Waals surface area contributed by atoms with Gasteiger partial charge in [-0.2, -0.15) is 0 Å². The number of amides is 2. The maximum atomic E-state index is 13.8. The fraction of sp³-hybridized carbons (Fsp3) is 0.556. The normalized spacial score (nSPS) is 23.2. The number of hydrogen-bond acceptors (Lipinski definition) is 4. The lowest BCUT2D eigenvalue weighted by molar-refractivity contribution is -0.157. The van der Waals surface area contributed by atoms with E-state index in [1.165, 1.54) is 17.0 Å². The van der Waals surface area contributed by atoms with Crippen molar-refractivity contribution in [2.24, 2.45) is 0 Å². The molecule has 2 fully saturated rings. The maximum absolute atomic E-state index is 13.8. The van der Waals surface area contributed by atoms with Crippen molar-refractivity contribution in [1.29, 1.82) is 0 Å². The van der Waals surface area contributed by atoms with E-state index in [0.717, 1.165) is 18.9 Å². The highest BCUT2D eigenvalue weighted by Gasteiger charge is 2.42. The number of hydrogen-bond donors (Lipinski definition) is 3. The van der Waals surface area contributed by atoms with Crippen molar-refractivity contribution in [2.45, 2.75) is 43.9 Å². The Morgan fingerprint density at radius 1 is 1.35 bits per heavy atom. The van der Waals surface area contributed by atoms with Gasteiger partial charge in [0, 0.05) is 31.2 Å². The Bertz CT molecular complexity index is 696. The topological polar surface area (TPSA) is 81.7 Å². The number of nitrogens with one attached hydrogen (secondary N) is 2. The first kappa shape index (κ1) is 18.7. The summed E-state index contributed by atoms with van der Waals surface area (Å²) in [6.07, 6.45) is 2.76. The van der Waals surface area contributed by atoms with Crippen LogP contribution in [-0.2, 0) is 16.1 Å². The number of carbonyl (C=O) groups is 2. The van der Waals surface area contributed by atoms with Crippen LogP contribution in [0.5, 0.6) is 0 Å². The second-order valence-electron chi connectivity index (χ2n) is 7.02. The van der Waals surface area contributed by atoms with Crippen LogP contribution in [0, 0.1) is 11.6 Å². The molecule has 8 heteroatoms. The molecule has 1 saturated carbocycles. The number of piperidine rings is 1. The Morgan fingerprint density at radius 2 is 2.12 bits per heavy atom. The van der Waals surface area contributed by atoms with E-state index in [1.54, 1.807) is 0 Å². The zero-order chi connectivity index (χ0) is 18.7. The summed E-state index contributed by atoms with van der Waals surface area (Å²) in [5, 5.41) is 16.3. The molecule has 1 saturated heterocycles. The highest BCUT2D eigenvalue weighted by Crippen LogP contribution is 2.25. The van der Waals surface area contributed by atoms with E-state index in [4.69, 9.17) is 0 Å². The maximum Gasteiger partial charge on any atom is 0.256 e. The van der Waals surface area contributed by atoms with E-state index < -0.39 is 23.1 Å². The number of carbonyl (C=O) groups excluding carboxylic acids is 2. The van der Waals surface area contributed by atoms with Crippen LogP contribution in [0.1, 0.15) is 31.2 Å². The van der Waals surface area contributed by atoms with E-state index in [9.17, 15) is 23.5 Å². The zero-order valence-corrected chi connectivity index (χ0v) is 14.4.